The lowest BCUT2D eigenvalue weighted by Gasteiger charge is -2.49. The molecule has 6 bridgehead atoms. The van der Waals surface area contributed by atoms with Gasteiger partial charge in [0.2, 0.25) is 0 Å². The van der Waals surface area contributed by atoms with Gasteiger partial charge in [-0.05, 0) is 240 Å². The van der Waals surface area contributed by atoms with Gasteiger partial charge in [-0.25, -0.2) is 24.0 Å². The predicted molar refractivity (Wildman–Crippen MR) is 448 cm³/mol. The molecule has 9 atom stereocenters. The molecule has 2 amide bonds. The van der Waals surface area contributed by atoms with Gasteiger partial charge in [0.25, 0.3) is 0 Å². The van der Waals surface area contributed by atoms with E-state index in [1.807, 2.05) is 152 Å². The van der Waals surface area contributed by atoms with Crippen molar-refractivity contribution >= 4 is 30.1 Å². The lowest BCUT2D eigenvalue weighted by atomic mass is 9.59. The predicted octanol–water partition coefficient (Wildman–Crippen LogP) is 20.6. The molecule has 3 fully saturated rings. The summed E-state index contributed by atoms with van der Waals surface area (Å²) in [6.07, 6.45) is 19.1. The van der Waals surface area contributed by atoms with E-state index < -0.39 is 24.0 Å². The molecule has 0 heterocycles. The molecule has 16 rings (SSSR count). The number of nitrogens with one attached hydrogen (secondary N) is 2. The molecule has 0 spiro atoms. The molecule has 6 aliphatic carbocycles. The monoisotopic (exact) mass is 1560 g/mol. The number of aromatic carboxylic acids is 1. The lowest BCUT2D eigenvalue weighted by Crippen LogP contribution is -2.57. The summed E-state index contributed by atoms with van der Waals surface area (Å²) >= 11 is 0. The summed E-state index contributed by atoms with van der Waals surface area (Å²) in [5.41, 5.74) is 18.8. The standard InChI is InChI=1S/C38H39NO5.C24H29NO3.C23H27NO3.C14H12O3/c1-38-22-10-4-9-15-31(35(38)39-37(41)43-26-28-13-7-3-8-14-28)23-30-18-21-33(24-34(30)38)44-36(40)29-16-19-32(20-17-29)42-25-27-11-5-2-6-12-27;1-24-13-7-3-6-10-19(14-18-11-12-20(26)15-21(18)24)22(24)25-23(27)28-16-17-8-4-2-5-9-17;1-23-12-4-2-3-5-17(21(23)24)13-16-8-11-19(14-20(16)23)27-22(26)15-6-9-18(25)10-7-15;15-14(16)12-6-8-13(9-7-12)17-10-11-4-2-1-3-5-11/h2-3,5-8,11-14,16-21,24,31,35H,4,9-10,15,22-23,25-26H2,1H3,(H,39,41);2,4-5,8-9,11-12,15,19,22,26H,3,6-7,10,13-14,16H2,1H3,(H,25,27);6-11,14,17,21,25H,2-5,12-13,24H2,1H3;1-9H,10H2,(H,15,16)/t31-,35-,38+;19-,22-,24+;17-,21-,23+;/m000./s1. The lowest BCUT2D eigenvalue weighted by molar-refractivity contribution is 0.0692. The first-order valence-corrected chi connectivity index (χ1v) is 41.1. The normalized spacial score (nSPS) is 22.0. The Labute approximate surface area is 680 Å². The maximum Gasteiger partial charge on any atom is 0.407 e. The van der Waals surface area contributed by atoms with E-state index in [-0.39, 0.29) is 65.0 Å². The summed E-state index contributed by atoms with van der Waals surface area (Å²) in [5, 5.41) is 34.7. The highest BCUT2D eigenvalue weighted by atomic mass is 16.6. The van der Waals surface area contributed by atoms with Crippen molar-refractivity contribution in [1.29, 1.82) is 0 Å². The third-order valence-corrected chi connectivity index (χ3v) is 24.6. The molecule has 6 aliphatic rings. The number of carbonyl (C=O) groups is 5. The largest absolute Gasteiger partial charge is 0.508 e. The van der Waals surface area contributed by atoms with Crippen LogP contribution in [0, 0.1) is 17.8 Å². The highest BCUT2D eigenvalue weighted by Crippen LogP contribution is 2.51. The summed E-state index contributed by atoms with van der Waals surface area (Å²) in [5.74, 6) is 2.31. The molecular weight excluding hydrogens is 1460 g/mol. The molecule has 0 unspecified atom stereocenters. The fourth-order valence-corrected chi connectivity index (χ4v) is 18.3. The topological polar surface area (TPSA) is 251 Å². The SMILES string of the molecule is C[C@@]12CCCCC[C@@H](Cc3ccc(O)cc31)[C@@H]2NC(=O)OCc1ccccc1.C[C@@]12CCCCC[C@@H](Cc3ccc(OC(=O)c4ccc(O)cc4)cc31)[C@@H]2N.C[C@@]12CCCCC[C@@H](Cc3ccc(OC(=O)c4ccc(OCc5ccccc5)cc4)cc31)[C@@H]2NC(=O)OCc1ccccc1.O=C(O)c1ccc(OCc2ccccc2)cc1. The zero-order valence-electron chi connectivity index (χ0n) is 66.6. The van der Waals surface area contributed by atoms with Crippen LogP contribution in [0.2, 0.25) is 0 Å². The Morgan fingerprint density at radius 2 is 0.707 bits per heavy atom. The summed E-state index contributed by atoms with van der Waals surface area (Å²) in [4.78, 5) is 61.9. The minimum Gasteiger partial charge on any atom is -0.508 e. The second-order valence-corrected chi connectivity index (χ2v) is 32.5. The second-order valence-electron chi connectivity index (χ2n) is 32.5. The molecule has 10 aromatic rings. The van der Waals surface area contributed by atoms with Crippen molar-refractivity contribution in [3.05, 3.63) is 321 Å². The number of carboxylic acids is 1. The van der Waals surface area contributed by atoms with Crippen molar-refractivity contribution in [1.82, 2.24) is 10.6 Å². The van der Waals surface area contributed by atoms with Crippen molar-refractivity contribution < 1.29 is 67.7 Å². The van der Waals surface area contributed by atoms with Gasteiger partial charge < -0.3 is 60.1 Å². The Hall–Kier alpha value is -11.7. The van der Waals surface area contributed by atoms with Gasteiger partial charge in [0, 0.05) is 34.4 Å². The number of rotatable bonds is 17. The highest BCUT2D eigenvalue weighted by Gasteiger charge is 2.49. The van der Waals surface area contributed by atoms with Gasteiger partial charge in [0.1, 0.15) is 60.9 Å². The fourth-order valence-electron chi connectivity index (χ4n) is 18.3. The van der Waals surface area contributed by atoms with Gasteiger partial charge in [-0.3, -0.25) is 0 Å². The number of carboxylic acid groups (broad SMARTS) is 1. The van der Waals surface area contributed by atoms with E-state index in [1.54, 1.807) is 54.6 Å². The smallest absolute Gasteiger partial charge is 0.407 e. The molecule has 602 valence electrons. The maximum absolute atomic E-state index is 13.1. The van der Waals surface area contributed by atoms with Crippen LogP contribution in [0.15, 0.2) is 249 Å². The molecule has 116 heavy (non-hydrogen) atoms. The van der Waals surface area contributed by atoms with Gasteiger partial charge in [0.15, 0.2) is 0 Å². The van der Waals surface area contributed by atoms with E-state index in [2.05, 4.69) is 49.6 Å². The van der Waals surface area contributed by atoms with Crippen LogP contribution in [0.4, 0.5) is 9.59 Å². The number of amides is 2. The van der Waals surface area contributed by atoms with Crippen LogP contribution in [0.1, 0.15) is 204 Å². The first-order chi connectivity index (χ1) is 56.3. The number of carbonyl (C=O) groups excluding carboxylic acids is 4. The Balaban J connectivity index is 0.000000142. The molecule has 7 N–H and O–H groups in total. The molecule has 0 aromatic heterocycles. The summed E-state index contributed by atoms with van der Waals surface area (Å²) in [7, 11) is 0. The number of fused-ring (bicyclic) bond motifs is 12. The zero-order chi connectivity index (χ0) is 81.0. The van der Waals surface area contributed by atoms with Gasteiger partial charge in [-0.15, -0.1) is 0 Å². The fraction of sp³-hybridized carbons (Fsp3) is 0.343. The average molecular weight is 1560 g/mol. The highest BCUT2D eigenvalue weighted by molar-refractivity contribution is 5.92. The Bertz CT molecular complexity index is 4930. The molecule has 17 heteroatoms. The molecule has 0 aliphatic heterocycles. The number of alkyl carbamates (subject to hydrolysis) is 2. The quantitative estimate of drug-likeness (QED) is 0.0366. The van der Waals surface area contributed by atoms with Crippen molar-refractivity contribution in [3.63, 3.8) is 0 Å². The van der Waals surface area contributed by atoms with E-state index in [4.69, 9.17) is 39.3 Å². The van der Waals surface area contributed by atoms with Crippen molar-refractivity contribution in [2.75, 3.05) is 0 Å². The summed E-state index contributed by atoms with van der Waals surface area (Å²) in [6.45, 7) is 8.21. The number of benzene rings is 10. The minimum absolute atomic E-state index is 0.0189. The Morgan fingerprint density at radius 1 is 0.371 bits per heavy atom. The number of hydrogen-bond donors (Lipinski definition) is 6. The number of aromatic hydroxyl groups is 2. The minimum atomic E-state index is -0.931. The number of esters is 2. The van der Waals surface area contributed by atoms with Crippen LogP contribution in [-0.2, 0) is 71.4 Å². The second kappa shape index (κ2) is 38.6. The molecule has 10 aromatic carbocycles. The number of hydrogen-bond acceptors (Lipinski definition) is 14. The first kappa shape index (κ1) is 82.3. The van der Waals surface area contributed by atoms with E-state index in [1.165, 1.54) is 97.0 Å². The van der Waals surface area contributed by atoms with Crippen LogP contribution in [-0.4, -0.2) is 63.5 Å². The van der Waals surface area contributed by atoms with E-state index in [0.29, 0.717) is 70.8 Å². The van der Waals surface area contributed by atoms with Gasteiger partial charge >= 0.3 is 30.1 Å². The molecular formula is C99H107N3O14. The molecule has 17 nitrogen and oxygen atoms in total. The number of ether oxygens (including phenoxy) is 6. The Kier molecular flexibility index (Phi) is 27.4. The van der Waals surface area contributed by atoms with Gasteiger partial charge in [-0.2, -0.15) is 0 Å². The summed E-state index contributed by atoms with van der Waals surface area (Å²) in [6, 6.07) is 76.6. The third-order valence-electron chi connectivity index (χ3n) is 24.6. The van der Waals surface area contributed by atoms with E-state index in [9.17, 15) is 34.2 Å². The van der Waals surface area contributed by atoms with Gasteiger partial charge in [0.05, 0.1) is 16.7 Å². The molecule has 0 saturated heterocycles. The van der Waals surface area contributed by atoms with Crippen molar-refractivity contribution in [3.8, 4) is 34.5 Å². The van der Waals surface area contributed by atoms with Crippen LogP contribution in [0.3, 0.4) is 0 Å². The zero-order valence-corrected chi connectivity index (χ0v) is 66.6. The third kappa shape index (κ3) is 20.9. The number of phenols is 2. The van der Waals surface area contributed by atoms with Crippen LogP contribution in [0.25, 0.3) is 0 Å². The van der Waals surface area contributed by atoms with E-state index >= 15 is 0 Å². The average Bonchev–Trinajstić information content (AvgIpc) is 0.762. The first-order valence-electron chi connectivity index (χ1n) is 41.1. The molecule has 0 radical (unpaired) electrons. The van der Waals surface area contributed by atoms with Crippen LogP contribution >= 0.6 is 0 Å². The number of phenolic OH excluding ortho intramolecular Hbond substituents is 2. The summed E-state index contributed by atoms with van der Waals surface area (Å²) < 4.78 is 34.1. The van der Waals surface area contributed by atoms with Crippen molar-refractivity contribution in [2.24, 2.45) is 23.5 Å². The van der Waals surface area contributed by atoms with Crippen molar-refractivity contribution in [2.45, 2.75) is 197 Å². The van der Waals surface area contributed by atoms with Gasteiger partial charge in [-0.1, -0.05) is 218 Å². The number of nitrogens with two attached hydrogens (primary N) is 1. The van der Waals surface area contributed by atoms with E-state index in [0.717, 1.165) is 98.4 Å². The van der Waals surface area contributed by atoms with Crippen LogP contribution in [0.5, 0.6) is 34.5 Å². The Morgan fingerprint density at radius 3 is 1.13 bits per heavy atom. The van der Waals surface area contributed by atoms with Crippen LogP contribution < -0.4 is 35.3 Å². The molecule has 3 saturated carbocycles. The maximum atomic E-state index is 13.1.